The van der Waals surface area contributed by atoms with Gasteiger partial charge in [0.25, 0.3) is 0 Å². The summed E-state index contributed by atoms with van der Waals surface area (Å²) in [4.78, 5) is 23.7. The molecule has 0 heterocycles. The van der Waals surface area contributed by atoms with E-state index in [2.05, 4.69) is 17.9 Å². The number of carbonyl (C=O) groups excluding carboxylic acids is 2. The molecular formula is C15H22N2O2S2. The Morgan fingerprint density at radius 2 is 2.00 bits per heavy atom. The van der Waals surface area contributed by atoms with Crippen LogP contribution in [0.2, 0.25) is 0 Å². The Balaban J connectivity index is 2.62. The minimum absolute atomic E-state index is 0.168. The van der Waals surface area contributed by atoms with Crippen molar-refractivity contribution in [1.82, 2.24) is 5.32 Å². The number of amides is 2. The number of benzene rings is 1. The second-order valence-electron chi connectivity index (χ2n) is 4.81. The number of hydrogen-bond donors (Lipinski definition) is 3. The van der Waals surface area contributed by atoms with E-state index in [4.69, 9.17) is 5.73 Å². The smallest absolute Gasteiger partial charge is 0.240 e. The molecule has 0 aromatic heterocycles. The molecule has 1 rings (SSSR count). The summed E-state index contributed by atoms with van der Waals surface area (Å²) in [6, 6.07) is 9.15. The predicted octanol–water partition coefficient (Wildman–Crippen LogP) is 1.50. The van der Waals surface area contributed by atoms with Crippen molar-refractivity contribution in [2.75, 3.05) is 17.8 Å². The maximum Gasteiger partial charge on any atom is 0.240 e. The van der Waals surface area contributed by atoms with Crippen LogP contribution in [0, 0.1) is 5.92 Å². The van der Waals surface area contributed by atoms with E-state index in [1.165, 1.54) is 0 Å². The SMILES string of the molecule is CSCC[C@@H](NC(=O)[C@@H](CS)Cc1ccccc1)C(N)=O. The Morgan fingerprint density at radius 1 is 1.33 bits per heavy atom. The Bertz CT molecular complexity index is 454. The molecule has 21 heavy (non-hydrogen) atoms. The molecule has 0 saturated heterocycles. The quantitative estimate of drug-likeness (QED) is 0.602. The van der Waals surface area contributed by atoms with Crippen LogP contribution >= 0.6 is 24.4 Å². The normalized spacial score (nSPS) is 13.4. The highest BCUT2D eigenvalue weighted by atomic mass is 32.2. The number of thiol groups is 1. The fourth-order valence-corrected chi connectivity index (χ4v) is 2.72. The number of nitrogens with one attached hydrogen (secondary N) is 1. The van der Waals surface area contributed by atoms with E-state index in [0.717, 1.165) is 11.3 Å². The lowest BCUT2D eigenvalue weighted by Crippen LogP contribution is -2.47. The van der Waals surface area contributed by atoms with Gasteiger partial charge in [-0.1, -0.05) is 30.3 Å². The minimum atomic E-state index is -0.608. The Labute approximate surface area is 135 Å². The van der Waals surface area contributed by atoms with Gasteiger partial charge in [-0.25, -0.2) is 0 Å². The molecule has 0 aliphatic carbocycles. The van der Waals surface area contributed by atoms with Crippen LogP contribution in [-0.2, 0) is 16.0 Å². The van der Waals surface area contributed by atoms with Gasteiger partial charge in [0.15, 0.2) is 0 Å². The summed E-state index contributed by atoms with van der Waals surface area (Å²) in [7, 11) is 0. The molecule has 6 heteroatoms. The topological polar surface area (TPSA) is 72.2 Å². The maximum atomic E-state index is 12.3. The first-order valence-corrected chi connectivity index (χ1v) is 8.84. The molecule has 4 nitrogen and oxygen atoms in total. The van der Waals surface area contributed by atoms with Crippen molar-refractivity contribution in [2.45, 2.75) is 18.9 Å². The fraction of sp³-hybridized carbons (Fsp3) is 0.467. The van der Waals surface area contributed by atoms with Crippen molar-refractivity contribution in [1.29, 1.82) is 0 Å². The largest absolute Gasteiger partial charge is 0.368 e. The van der Waals surface area contributed by atoms with Gasteiger partial charge in [0.05, 0.1) is 5.92 Å². The van der Waals surface area contributed by atoms with Gasteiger partial charge in [-0.2, -0.15) is 24.4 Å². The van der Waals surface area contributed by atoms with Gasteiger partial charge in [-0.05, 0) is 30.4 Å². The molecule has 0 fully saturated rings. The molecule has 0 aliphatic heterocycles. The zero-order valence-electron chi connectivity index (χ0n) is 12.1. The van der Waals surface area contributed by atoms with E-state index in [1.807, 2.05) is 36.6 Å². The summed E-state index contributed by atoms with van der Waals surface area (Å²) in [5.41, 5.74) is 6.41. The van der Waals surface area contributed by atoms with Gasteiger partial charge in [0, 0.05) is 5.75 Å². The number of primary amides is 1. The Morgan fingerprint density at radius 3 is 2.52 bits per heavy atom. The Hall–Kier alpha value is -1.14. The van der Waals surface area contributed by atoms with Crippen LogP contribution in [0.4, 0.5) is 0 Å². The second kappa shape index (κ2) is 9.73. The third-order valence-electron chi connectivity index (χ3n) is 3.19. The highest BCUT2D eigenvalue weighted by Crippen LogP contribution is 2.11. The number of thioether (sulfide) groups is 1. The van der Waals surface area contributed by atoms with Crippen molar-refractivity contribution in [3.8, 4) is 0 Å². The average Bonchev–Trinajstić information content (AvgIpc) is 2.49. The predicted molar refractivity (Wildman–Crippen MR) is 91.6 cm³/mol. The van der Waals surface area contributed by atoms with E-state index in [-0.39, 0.29) is 11.8 Å². The average molecular weight is 326 g/mol. The Kier molecular flexibility index (Phi) is 8.30. The van der Waals surface area contributed by atoms with Crippen LogP contribution < -0.4 is 11.1 Å². The van der Waals surface area contributed by atoms with Crippen molar-refractivity contribution in [3.05, 3.63) is 35.9 Å². The summed E-state index contributed by atoms with van der Waals surface area (Å²) < 4.78 is 0. The number of rotatable bonds is 9. The lowest BCUT2D eigenvalue weighted by Gasteiger charge is -2.19. The first-order chi connectivity index (χ1) is 10.1. The van der Waals surface area contributed by atoms with E-state index in [1.54, 1.807) is 11.8 Å². The van der Waals surface area contributed by atoms with E-state index < -0.39 is 11.9 Å². The molecule has 0 unspecified atom stereocenters. The van der Waals surface area contributed by atoms with Gasteiger partial charge in [-0.15, -0.1) is 0 Å². The van der Waals surface area contributed by atoms with Crippen LogP contribution in [0.25, 0.3) is 0 Å². The minimum Gasteiger partial charge on any atom is -0.368 e. The monoisotopic (exact) mass is 326 g/mol. The third kappa shape index (κ3) is 6.44. The maximum absolute atomic E-state index is 12.3. The van der Waals surface area contributed by atoms with Gasteiger partial charge < -0.3 is 11.1 Å². The van der Waals surface area contributed by atoms with Crippen LogP contribution in [-0.4, -0.2) is 35.6 Å². The molecule has 2 atom stereocenters. The highest BCUT2D eigenvalue weighted by molar-refractivity contribution is 7.98. The third-order valence-corrected chi connectivity index (χ3v) is 4.27. The summed E-state index contributed by atoms with van der Waals surface area (Å²) >= 11 is 5.87. The fourth-order valence-electron chi connectivity index (χ4n) is 1.95. The van der Waals surface area contributed by atoms with Crippen molar-refractivity contribution in [3.63, 3.8) is 0 Å². The van der Waals surface area contributed by atoms with Crippen molar-refractivity contribution < 1.29 is 9.59 Å². The molecule has 0 radical (unpaired) electrons. The molecule has 1 aromatic carbocycles. The molecular weight excluding hydrogens is 304 g/mol. The van der Waals surface area contributed by atoms with E-state index in [9.17, 15) is 9.59 Å². The van der Waals surface area contributed by atoms with Gasteiger partial charge >= 0.3 is 0 Å². The highest BCUT2D eigenvalue weighted by Gasteiger charge is 2.23. The van der Waals surface area contributed by atoms with Crippen LogP contribution in [0.15, 0.2) is 30.3 Å². The van der Waals surface area contributed by atoms with Gasteiger partial charge in [0.2, 0.25) is 11.8 Å². The zero-order valence-corrected chi connectivity index (χ0v) is 13.8. The van der Waals surface area contributed by atoms with Crippen molar-refractivity contribution in [2.24, 2.45) is 11.7 Å². The zero-order chi connectivity index (χ0) is 15.7. The molecule has 1 aromatic rings. The van der Waals surface area contributed by atoms with E-state index >= 15 is 0 Å². The standard InChI is InChI=1S/C15H22N2O2S2/c1-21-8-7-13(14(16)18)17-15(19)12(10-20)9-11-5-3-2-4-6-11/h2-6,12-13,20H,7-10H2,1H3,(H2,16,18)(H,17,19)/t12-,13-/m1/s1. The van der Waals surface area contributed by atoms with Crippen LogP contribution in [0.1, 0.15) is 12.0 Å². The molecule has 2 amide bonds. The first-order valence-electron chi connectivity index (χ1n) is 6.82. The second-order valence-corrected chi connectivity index (χ2v) is 6.16. The van der Waals surface area contributed by atoms with E-state index in [0.29, 0.717) is 18.6 Å². The molecule has 0 saturated carbocycles. The molecule has 116 valence electrons. The number of carbonyl (C=O) groups is 2. The first kappa shape index (κ1) is 17.9. The molecule has 0 bridgehead atoms. The van der Waals surface area contributed by atoms with Gasteiger partial charge in [-0.3, -0.25) is 9.59 Å². The lowest BCUT2D eigenvalue weighted by atomic mass is 9.99. The van der Waals surface area contributed by atoms with Crippen molar-refractivity contribution >= 4 is 36.2 Å². The van der Waals surface area contributed by atoms with Crippen LogP contribution in [0.5, 0.6) is 0 Å². The summed E-state index contributed by atoms with van der Waals surface area (Å²) in [6.45, 7) is 0. The van der Waals surface area contributed by atoms with Crippen LogP contribution in [0.3, 0.4) is 0 Å². The lowest BCUT2D eigenvalue weighted by molar-refractivity contribution is -0.129. The number of nitrogens with two attached hydrogens (primary N) is 1. The molecule has 3 N–H and O–H groups in total. The molecule has 0 aliphatic rings. The van der Waals surface area contributed by atoms with Gasteiger partial charge in [0.1, 0.15) is 6.04 Å². The summed E-state index contributed by atoms with van der Waals surface area (Å²) in [5, 5.41) is 2.75. The summed E-state index contributed by atoms with van der Waals surface area (Å²) in [5.74, 6) is 0.271. The summed E-state index contributed by atoms with van der Waals surface area (Å²) in [6.07, 6.45) is 3.10. The number of hydrogen-bond acceptors (Lipinski definition) is 4. The molecule has 0 spiro atoms.